The number of carbonyl (C=O) groups is 1. The summed E-state index contributed by atoms with van der Waals surface area (Å²) in [6.07, 6.45) is 15.0. The van der Waals surface area contributed by atoms with E-state index in [1.54, 1.807) is 10.8 Å². The van der Waals surface area contributed by atoms with Crippen LogP contribution in [-0.2, 0) is 26.9 Å². The van der Waals surface area contributed by atoms with Crippen LogP contribution >= 0.6 is 0 Å². The Balaban J connectivity index is 1.48. The van der Waals surface area contributed by atoms with E-state index in [4.69, 9.17) is 0 Å². The quantitative estimate of drug-likeness (QED) is 0.402. The molecule has 1 aliphatic carbocycles. The summed E-state index contributed by atoms with van der Waals surface area (Å²) >= 11 is 0. The number of nitrogens with one attached hydrogen (secondary N) is 1. The van der Waals surface area contributed by atoms with Crippen LogP contribution in [-0.4, -0.2) is 24.9 Å². The molecular formula is C30H40N2O3S. The van der Waals surface area contributed by atoms with Crippen molar-refractivity contribution >= 4 is 26.6 Å². The number of sulfone groups is 1. The Morgan fingerprint density at radius 3 is 2.08 bits per heavy atom. The van der Waals surface area contributed by atoms with Gasteiger partial charge in [-0.3, -0.25) is 4.79 Å². The Kier molecular flexibility index (Phi) is 9.24. The first-order valence-electron chi connectivity index (χ1n) is 13.6. The van der Waals surface area contributed by atoms with Crippen molar-refractivity contribution < 1.29 is 13.2 Å². The number of nitrogens with zero attached hydrogens (tertiary/aromatic N) is 1. The Labute approximate surface area is 216 Å². The van der Waals surface area contributed by atoms with Crippen LogP contribution in [0.4, 0.5) is 0 Å². The molecule has 2 aromatic carbocycles. The van der Waals surface area contributed by atoms with E-state index in [2.05, 4.69) is 5.32 Å². The van der Waals surface area contributed by atoms with Crippen LogP contribution in [0.25, 0.3) is 10.9 Å². The molecule has 0 saturated heterocycles. The van der Waals surface area contributed by atoms with Crippen molar-refractivity contribution in [2.45, 2.75) is 101 Å². The third-order valence-corrected chi connectivity index (χ3v) is 9.06. The lowest BCUT2D eigenvalue weighted by atomic mass is 9.98. The fourth-order valence-corrected chi connectivity index (χ4v) is 6.89. The van der Waals surface area contributed by atoms with Crippen LogP contribution < -0.4 is 5.32 Å². The van der Waals surface area contributed by atoms with Crippen molar-refractivity contribution in [3.05, 3.63) is 65.9 Å². The van der Waals surface area contributed by atoms with Gasteiger partial charge in [-0.05, 0) is 31.4 Å². The topological polar surface area (TPSA) is 68.2 Å². The number of para-hydroxylation sites is 1. The van der Waals surface area contributed by atoms with Crippen molar-refractivity contribution in [1.82, 2.24) is 9.88 Å². The van der Waals surface area contributed by atoms with Gasteiger partial charge in [0.15, 0.2) is 9.84 Å². The Bertz CT molecular complexity index is 1230. The van der Waals surface area contributed by atoms with E-state index in [0.717, 1.165) is 42.3 Å². The highest BCUT2D eigenvalue weighted by atomic mass is 32.2. The van der Waals surface area contributed by atoms with Gasteiger partial charge in [0.1, 0.15) is 6.54 Å². The van der Waals surface area contributed by atoms with Gasteiger partial charge < -0.3 is 9.88 Å². The Morgan fingerprint density at radius 1 is 0.861 bits per heavy atom. The number of benzene rings is 2. The summed E-state index contributed by atoms with van der Waals surface area (Å²) in [5.41, 5.74) is 2.63. The summed E-state index contributed by atoms with van der Waals surface area (Å²) in [4.78, 5) is 13.4. The molecule has 0 radical (unpaired) electrons. The molecule has 1 aliphatic rings. The van der Waals surface area contributed by atoms with Crippen molar-refractivity contribution in [1.29, 1.82) is 0 Å². The van der Waals surface area contributed by atoms with Crippen molar-refractivity contribution in [3.63, 3.8) is 0 Å². The van der Waals surface area contributed by atoms with E-state index in [9.17, 15) is 13.2 Å². The zero-order valence-electron chi connectivity index (χ0n) is 21.5. The van der Waals surface area contributed by atoms with E-state index < -0.39 is 9.84 Å². The first kappa shape index (κ1) is 26.5. The molecule has 5 nitrogen and oxygen atoms in total. The molecule has 6 heteroatoms. The lowest BCUT2D eigenvalue weighted by molar-refractivity contribution is -0.122. The minimum Gasteiger partial charge on any atom is -0.352 e. The van der Waals surface area contributed by atoms with Crippen LogP contribution in [0, 0.1) is 6.92 Å². The highest BCUT2D eigenvalue weighted by molar-refractivity contribution is 7.90. The molecule has 1 saturated carbocycles. The van der Waals surface area contributed by atoms with Crippen LogP contribution in [0.15, 0.2) is 59.6 Å². The van der Waals surface area contributed by atoms with Crippen molar-refractivity contribution in [2.75, 3.05) is 0 Å². The number of amides is 1. The summed E-state index contributed by atoms with van der Waals surface area (Å²) in [5, 5.41) is 3.94. The molecule has 0 unspecified atom stereocenters. The van der Waals surface area contributed by atoms with E-state index in [-0.39, 0.29) is 29.1 Å². The fourth-order valence-electron chi connectivity index (χ4n) is 5.31. The van der Waals surface area contributed by atoms with Gasteiger partial charge in [-0.2, -0.15) is 0 Å². The monoisotopic (exact) mass is 508 g/mol. The lowest BCUT2D eigenvalue weighted by Gasteiger charge is -2.20. The van der Waals surface area contributed by atoms with Gasteiger partial charge in [0, 0.05) is 23.1 Å². The predicted molar refractivity (Wildman–Crippen MR) is 147 cm³/mol. The van der Waals surface area contributed by atoms with Crippen LogP contribution in [0.1, 0.15) is 81.8 Å². The molecule has 1 aromatic heterocycles. The van der Waals surface area contributed by atoms with Gasteiger partial charge in [0.2, 0.25) is 5.91 Å². The van der Waals surface area contributed by atoms with Gasteiger partial charge in [-0.25, -0.2) is 8.42 Å². The number of aryl methyl sites for hydroxylation is 1. The second-order valence-corrected chi connectivity index (χ2v) is 12.4. The maximum Gasteiger partial charge on any atom is 0.240 e. The standard InChI is InChI=1S/C30H40N2O3S/c1-24-17-19-25(20-18-24)23-36(34,35)29-21-32(28-16-12-11-15-27(28)29)22-30(33)31-26-13-9-7-5-3-2-4-6-8-10-14-26/h11-12,15-21,26H,2-10,13-14,22-23H2,1H3,(H,31,33). The van der Waals surface area contributed by atoms with Gasteiger partial charge in [0.25, 0.3) is 0 Å². The Morgan fingerprint density at radius 2 is 1.44 bits per heavy atom. The average Bonchev–Trinajstić information content (AvgIpc) is 3.21. The summed E-state index contributed by atoms with van der Waals surface area (Å²) in [6.45, 7) is 2.11. The summed E-state index contributed by atoms with van der Waals surface area (Å²) in [6, 6.07) is 15.3. The van der Waals surface area contributed by atoms with E-state index in [1.165, 1.54) is 44.9 Å². The van der Waals surface area contributed by atoms with E-state index in [1.807, 2.05) is 55.5 Å². The highest BCUT2D eigenvalue weighted by Gasteiger charge is 2.23. The van der Waals surface area contributed by atoms with Crippen molar-refractivity contribution in [2.24, 2.45) is 0 Å². The molecular weight excluding hydrogens is 468 g/mol. The minimum absolute atomic E-state index is 0.0460. The molecule has 0 atom stereocenters. The number of hydrogen-bond acceptors (Lipinski definition) is 3. The van der Waals surface area contributed by atoms with Crippen LogP contribution in [0.2, 0.25) is 0 Å². The molecule has 0 spiro atoms. The smallest absolute Gasteiger partial charge is 0.240 e. The normalized spacial score (nSPS) is 16.8. The second-order valence-electron chi connectivity index (χ2n) is 10.4. The van der Waals surface area contributed by atoms with E-state index in [0.29, 0.717) is 5.39 Å². The second kappa shape index (κ2) is 12.6. The average molecular weight is 509 g/mol. The zero-order valence-corrected chi connectivity index (χ0v) is 22.4. The van der Waals surface area contributed by atoms with Gasteiger partial charge >= 0.3 is 0 Å². The molecule has 4 rings (SSSR count). The molecule has 1 fully saturated rings. The van der Waals surface area contributed by atoms with Gasteiger partial charge in [0.05, 0.1) is 10.6 Å². The maximum atomic E-state index is 13.4. The van der Waals surface area contributed by atoms with Crippen LogP contribution in [0.3, 0.4) is 0 Å². The zero-order chi connectivity index (χ0) is 25.4. The molecule has 36 heavy (non-hydrogen) atoms. The molecule has 1 amide bonds. The molecule has 3 aromatic rings. The Hall–Kier alpha value is -2.60. The summed E-state index contributed by atoms with van der Waals surface area (Å²) in [5.74, 6) is -0.106. The number of carbonyl (C=O) groups excluding carboxylic acids is 1. The summed E-state index contributed by atoms with van der Waals surface area (Å²) in [7, 11) is -3.57. The number of hydrogen-bond donors (Lipinski definition) is 1. The fraction of sp³-hybridized carbons (Fsp3) is 0.500. The number of rotatable bonds is 6. The molecule has 1 N–H and O–H groups in total. The number of aromatic nitrogens is 1. The molecule has 0 bridgehead atoms. The minimum atomic E-state index is -3.57. The van der Waals surface area contributed by atoms with Crippen LogP contribution in [0.5, 0.6) is 0 Å². The third-order valence-electron chi connectivity index (χ3n) is 7.35. The third kappa shape index (κ3) is 7.22. The first-order valence-corrected chi connectivity index (χ1v) is 15.2. The maximum absolute atomic E-state index is 13.4. The van der Waals surface area contributed by atoms with E-state index >= 15 is 0 Å². The lowest BCUT2D eigenvalue weighted by Crippen LogP contribution is -2.37. The van der Waals surface area contributed by atoms with Gasteiger partial charge in [-0.15, -0.1) is 0 Å². The van der Waals surface area contributed by atoms with Crippen molar-refractivity contribution in [3.8, 4) is 0 Å². The van der Waals surface area contributed by atoms with Gasteiger partial charge in [-0.1, -0.05) is 106 Å². The SMILES string of the molecule is Cc1ccc(CS(=O)(=O)c2cn(CC(=O)NC3CCCCCCCCCCC3)c3ccccc23)cc1. The molecule has 1 heterocycles. The number of fused-ring (bicyclic) bond motifs is 1. The predicted octanol–water partition coefficient (Wildman–Crippen LogP) is 6.71. The first-order chi connectivity index (χ1) is 17.4. The largest absolute Gasteiger partial charge is 0.352 e. The molecule has 194 valence electrons. The highest BCUT2D eigenvalue weighted by Crippen LogP contribution is 2.28. The summed E-state index contributed by atoms with van der Waals surface area (Å²) < 4.78 is 28.6. The molecule has 0 aliphatic heterocycles.